The van der Waals surface area contributed by atoms with Gasteiger partial charge in [-0.3, -0.25) is 9.78 Å². The summed E-state index contributed by atoms with van der Waals surface area (Å²) in [4.78, 5) is 26.6. The van der Waals surface area contributed by atoms with Crippen LogP contribution in [0.5, 0.6) is 0 Å². The van der Waals surface area contributed by atoms with Gasteiger partial charge in [0.1, 0.15) is 18.2 Å². The first-order chi connectivity index (χ1) is 12.2. The fourth-order valence-corrected chi connectivity index (χ4v) is 2.90. The maximum Gasteiger partial charge on any atom is 0.241 e. The van der Waals surface area contributed by atoms with E-state index >= 15 is 0 Å². The maximum atomic E-state index is 12.2. The molecule has 0 spiro atoms. The summed E-state index contributed by atoms with van der Waals surface area (Å²) in [6.07, 6.45) is 6.35. The molecule has 0 bridgehead atoms. The summed E-state index contributed by atoms with van der Waals surface area (Å²) in [5.41, 5.74) is 8.75. The van der Waals surface area contributed by atoms with Crippen LogP contribution in [0.3, 0.4) is 0 Å². The van der Waals surface area contributed by atoms with Crippen LogP contribution in [0.4, 0.5) is 5.82 Å². The van der Waals surface area contributed by atoms with Gasteiger partial charge >= 0.3 is 0 Å². The van der Waals surface area contributed by atoms with E-state index in [4.69, 9.17) is 10.8 Å². The van der Waals surface area contributed by atoms with Crippen LogP contribution in [0, 0.1) is 0 Å². The Morgan fingerprint density at radius 1 is 1.28 bits per heavy atom. The number of nitrogens with two attached hydrogens (primary N) is 1. The average molecular weight is 342 g/mol. The van der Waals surface area contributed by atoms with Gasteiger partial charge in [0.05, 0.1) is 12.3 Å². The number of rotatable bonds is 5. The minimum Gasteiger partial charge on any atom is -0.394 e. The lowest BCUT2D eigenvalue weighted by Crippen LogP contribution is -2.46. The zero-order chi connectivity index (χ0) is 17.6. The zero-order valence-corrected chi connectivity index (χ0v) is 13.9. The molecular formula is C17H22N6O2. The van der Waals surface area contributed by atoms with Gasteiger partial charge in [0.2, 0.25) is 5.91 Å². The highest BCUT2D eigenvalue weighted by molar-refractivity contribution is 5.82. The topological polar surface area (TPSA) is 117 Å². The molecule has 0 saturated heterocycles. The van der Waals surface area contributed by atoms with Crippen molar-refractivity contribution in [3.05, 3.63) is 47.7 Å². The number of pyridine rings is 1. The molecule has 132 valence electrons. The highest BCUT2D eigenvalue weighted by Crippen LogP contribution is 2.21. The standard InChI is InChI=1S/C17H22N6O2/c18-14(10-24)17(25)23-7-3-13-15(4-8-23)21-11-22-16(13)20-9-12-1-5-19-6-2-12/h1-2,5-6,11,14,24H,3-4,7-10,18H2,(H,20,21,22)/t14-/m0/s1. The smallest absolute Gasteiger partial charge is 0.241 e. The van der Waals surface area contributed by atoms with Crippen molar-refractivity contribution in [2.75, 3.05) is 25.0 Å². The zero-order valence-electron chi connectivity index (χ0n) is 13.9. The first-order valence-electron chi connectivity index (χ1n) is 8.29. The van der Waals surface area contributed by atoms with Crippen molar-refractivity contribution in [3.63, 3.8) is 0 Å². The van der Waals surface area contributed by atoms with Crippen molar-refractivity contribution in [2.24, 2.45) is 5.73 Å². The van der Waals surface area contributed by atoms with E-state index in [0.29, 0.717) is 32.5 Å². The van der Waals surface area contributed by atoms with E-state index in [-0.39, 0.29) is 12.5 Å². The summed E-state index contributed by atoms with van der Waals surface area (Å²) >= 11 is 0. The first-order valence-corrected chi connectivity index (χ1v) is 8.29. The van der Waals surface area contributed by atoms with Gasteiger partial charge in [-0.25, -0.2) is 9.97 Å². The third-order valence-electron chi connectivity index (χ3n) is 4.32. The number of nitrogens with one attached hydrogen (secondary N) is 1. The average Bonchev–Trinajstić information content (AvgIpc) is 2.89. The Morgan fingerprint density at radius 3 is 2.80 bits per heavy atom. The van der Waals surface area contributed by atoms with Crippen LogP contribution >= 0.6 is 0 Å². The van der Waals surface area contributed by atoms with Crippen LogP contribution in [0.2, 0.25) is 0 Å². The number of hydrogen-bond acceptors (Lipinski definition) is 7. The molecule has 25 heavy (non-hydrogen) atoms. The molecule has 1 aliphatic heterocycles. The number of aliphatic hydroxyl groups excluding tert-OH is 1. The molecule has 3 heterocycles. The number of hydrogen-bond donors (Lipinski definition) is 3. The van der Waals surface area contributed by atoms with E-state index in [1.165, 1.54) is 0 Å². The summed E-state index contributed by atoms with van der Waals surface area (Å²) in [7, 11) is 0. The van der Waals surface area contributed by atoms with Gasteiger partial charge in [-0.15, -0.1) is 0 Å². The normalized spacial score (nSPS) is 15.2. The van der Waals surface area contributed by atoms with Crippen molar-refractivity contribution >= 4 is 11.7 Å². The van der Waals surface area contributed by atoms with E-state index in [2.05, 4.69) is 20.3 Å². The molecule has 0 radical (unpaired) electrons. The molecule has 3 rings (SSSR count). The van der Waals surface area contributed by atoms with Gasteiger partial charge in [-0.1, -0.05) is 0 Å². The molecule has 1 aliphatic rings. The second kappa shape index (κ2) is 8.00. The van der Waals surface area contributed by atoms with Crippen molar-refractivity contribution in [1.82, 2.24) is 19.9 Å². The summed E-state index contributed by atoms with van der Waals surface area (Å²) in [5, 5.41) is 12.4. The van der Waals surface area contributed by atoms with Crippen LogP contribution in [0.25, 0.3) is 0 Å². The Morgan fingerprint density at radius 2 is 2.04 bits per heavy atom. The van der Waals surface area contributed by atoms with Gasteiger partial charge in [0.25, 0.3) is 0 Å². The fraction of sp³-hybridized carbons (Fsp3) is 0.412. The van der Waals surface area contributed by atoms with Crippen LogP contribution in [-0.4, -0.2) is 56.6 Å². The molecule has 0 unspecified atom stereocenters. The van der Waals surface area contributed by atoms with Gasteiger partial charge in [0, 0.05) is 44.0 Å². The molecule has 1 amide bonds. The minimum absolute atomic E-state index is 0.227. The van der Waals surface area contributed by atoms with Crippen LogP contribution < -0.4 is 11.1 Å². The molecule has 0 aromatic carbocycles. The number of aliphatic hydroxyl groups is 1. The molecule has 2 aromatic rings. The van der Waals surface area contributed by atoms with Gasteiger partial charge in [-0.2, -0.15) is 0 Å². The van der Waals surface area contributed by atoms with Gasteiger partial charge in [-0.05, 0) is 24.1 Å². The van der Waals surface area contributed by atoms with Crippen LogP contribution in [0.15, 0.2) is 30.9 Å². The summed E-state index contributed by atoms with van der Waals surface area (Å²) < 4.78 is 0. The largest absolute Gasteiger partial charge is 0.394 e. The van der Waals surface area contributed by atoms with E-state index in [9.17, 15) is 4.79 Å². The molecule has 0 saturated carbocycles. The molecular weight excluding hydrogens is 320 g/mol. The summed E-state index contributed by atoms with van der Waals surface area (Å²) in [6.45, 7) is 1.38. The minimum atomic E-state index is -0.864. The lowest BCUT2D eigenvalue weighted by Gasteiger charge is -2.22. The lowest BCUT2D eigenvalue weighted by atomic mass is 10.1. The highest BCUT2D eigenvalue weighted by atomic mass is 16.3. The molecule has 4 N–H and O–H groups in total. The van der Waals surface area contributed by atoms with Crippen LogP contribution in [0.1, 0.15) is 16.8 Å². The summed E-state index contributed by atoms with van der Waals surface area (Å²) in [5.74, 6) is 0.567. The molecule has 2 aromatic heterocycles. The number of anilines is 1. The number of nitrogens with zero attached hydrogens (tertiary/aromatic N) is 4. The van der Waals surface area contributed by atoms with Crippen molar-refractivity contribution < 1.29 is 9.90 Å². The van der Waals surface area contributed by atoms with E-state index < -0.39 is 6.04 Å². The van der Waals surface area contributed by atoms with E-state index in [0.717, 1.165) is 22.6 Å². The summed E-state index contributed by atoms with van der Waals surface area (Å²) in [6, 6.07) is 3.03. The lowest BCUT2D eigenvalue weighted by molar-refractivity contribution is -0.133. The SMILES string of the molecule is N[C@@H](CO)C(=O)N1CCc2ncnc(NCc3ccncc3)c2CC1. The predicted octanol–water partition coefficient (Wildman–Crippen LogP) is -0.269. The fourth-order valence-electron chi connectivity index (χ4n) is 2.90. The molecule has 8 heteroatoms. The van der Waals surface area contributed by atoms with E-state index in [1.807, 2.05) is 12.1 Å². The third-order valence-corrected chi connectivity index (χ3v) is 4.32. The third kappa shape index (κ3) is 4.09. The van der Waals surface area contributed by atoms with Gasteiger partial charge < -0.3 is 21.1 Å². The molecule has 0 fully saturated rings. The Bertz CT molecular complexity index is 724. The van der Waals surface area contributed by atoms with Crippen molar-refractivity contribution in [2.45, 2.75) is 25.4 Å². The number of carbonyl (C=O) groups excluding carboxylic acids is 1. The second-order valence-electron chi connectivity index (χ2n) is 5.97. The molecule has 8 nitrogen and oxygen atoms in total. The molecule has 0 aliphatic carbocycles. The Labute approximate surface area is 146 Å². The van der Waals surface area contributed by atoms with Gasteiger partial charge in [0.15, 0.2) is 0 Å². The van der Waals surface area contributed by atoms with Crippen LogP contribution in [-0.2, 0) is 24.2 Å². The van der Waals surface area contributed by atoms with Crippen molar-refractivity contribution in [1.29, 1.82) is 0 Å². The van der Waals surface area contributed by atoms with E-state index in [1.54, 1.807) is 23.6 Å². The Hall–Kier alpha value is -2.58. The molecule has 1 atom stereocenters. The number of aromatic nitrogens is 3. The maximum absolute atomic E-state index is 12.2. The quantitative estimate of drug-likeness (QED) is 0.685. The highest BCUT2D eigenvalue weighted by Gasteiger charge is 2.24. The first kappa shape index (κ1) is 17.2. The Balaban J connectivity index is 1.71. The number of amides is 1. The number of carbonyl (C=O) groups is 1. The monoisotopic (exact) mass is 342 g/mol. The van der Waals surface area contributed by atoms with Crippen molar-refractivity contribution in [3.8, 4) is 0 Å². The number of fused-ring (bicyclic) bond motifs is 1. The second-order valence-corrected chi connectivity index (χ2v) is 5.97. The predicted molar refractivity (Wildman–Crippen MR) is 92.6 cm³/mol. The Kier molecular flexibility index (Phi) is 5.52.